The molecule has 1 aliphatic carbocycles. The summed E-state index contributed by atoms with van der Waals surface area (Å²) in [5.74, 6) is 0.303. The molecule has 1 saturated carbocycles. The second kappa shape index (κ2) is 4.85. The summed E-state index contributed by atoms with van der Waals surface area (Å²) in [5.41, 5.74) is 2.86. The molecule has 2 atom stereocenters. The Kier molecular flexibility index (Phi) is 3.42. The van der Waals surface area contributed by atoms with Gasteiger partial charge in [-0.05, 0) is 64.4 Å². The van der Waals surface area contributed by atoms with E-state index in [2.05, 4.69) is 32.0 Å². The number of rotatable bonds is 2. The van der Waals surface area contributed by atoms with Crippen LogP contribution in [-0.2, 0) is 10.3 Å². The third kappa shape index (κ3) is 2.40. The van der Waals surface area contributed by atoms with Crippen LogP contribution in [0.2, 0.25) is 0 Å². The van der Waals surface area contributed by atoms with Crippen LogP contribution in [0.1, 0.15) is 55.7 Å². The lowest BCUT2D eigenvalue weighted by atomic mass is 9.66. The first-order valence-electron chi connectivity index (χ1n) is 7.86. The predicted octanol–water partition coefficient (Wildman–Crippen LogP) is 3.86. The van der Waals surface area contributed by atoms with E-state index in [1.54, 1.807) is 0 Å². The molecule has 1 N–H and O–H groups in total. The molecule has 0 bridgehead atoms. The van der Waals surface area contributed by atoms with E-state index in [0.717, 1.165) is 25.0 Å². The molecular formula is C18H26O2. The summed E-state index contributed by atoms with van der Waals surface area (Å²) in [5, 5.41) is 11.2. The maximum absolute atomic E-state index is 11.2. The summed E-state index contributed by atoms with van der Waals surface area (Å²) in [6.45, 7) is 6.99. The van der Waals surface area contributed by atoms with Gasteiger partial charge in [-0.25, -0.2) is 0 Å². The number of aliphatic hydroxyl groups is 1. The van der Waals surface area contributed by atoms with Crippen molar-refractivity contribution in [2.75, 3.05) is 6.61 Å². The molecule has 1 heterocycles. The summed E-state index contributed by atoms with van der Waals surface area (Å²) in [6.07, 6.45) is 5.59. The molecule has 1 saturated heterocycles. The van der Waals surface area contributed by atoms with Gasteiger partial charge in [-0.3, -0.25) is 0 Å². The van der Waals surface area contributed by atoms with Gasteiger partial charge in [0.15, 0.2) is 0 Å². The molecular weight excluding hydrogens is 248 g/mol. The standard InChI is InChI=1S/C18H26O2/c1-13-9-14(2)11-16(10-13)17(3,19)15-5-8-20-18(12-15)6-4-7-18/h9-11,15,19H,4-8,12H2,1-3H3. The Morgan fingerprint density at radius 3 is 2.40 bits per heavy atom. The molecule has 110 valence electrons. The second-order valence-corrected chi connectivity index (χ2v) is 7.10. The monoisotopic (exact) mass is 274 g/mol. The van der Waals surface area contributed by atoms with Gasteiger partial charge in [-0.2, -0.15) is 0 Å². The minimum atomic E-state index is -0.747. The van der Waals surface area contributed by atoms with Crippen molar-refractivity contribution in [2.24, 2.45) is 5.92 Å². The molecule has 1 spiro atoms. The van der Waals surface area contributed by atoms with E-state index in [4.69, 9.17) is 4.74 Å². The van der Waals surface area contributed by atoms with Crippen LogP contribution in [0.25, 0.3) is 0 Å². The van der Waals surface area contributed by atoms with E-state index in [9.17, 15) is 5.11 Å². The van der Waals surface area contributed by atoms with E-state index >= 15 is 0 Å². The minimum absolute atomic E-state index is 0.0891. The van der Waals surface area contributed by atoms with Crippen molar-refractivity contribution in [1.29, 1.82) is 0 Å². The molecule has 1 aromatic carbocycles. The van der Waals surface area contributed by atoms with Gasteiger partial charge < -0.3 is 9.84 Å². The summed E-state index contributed by atoms with van der Waals surface area (Å²) >= 11 is 0. The van der Waals surface area contributed by atoms with Crippen LogP contribution in [0, 0.1) is 19.8 Å². The third-order valence-corrected chi connectivity index (χ3v) is 5.36. The fourth-order valence-electron chi connectivity index (χ4n) is 3.93. The molecule has 0 aromatic heterocycles. The van der Waals surface area contributed by atoms with Gasteiger partial charge in [0.25, 0.3) is 0 Å². The lowest BCUT2D eigenvalue weighted by molar-refractivity contribution is -0.174. The van der Waals surface area contributed by atoms with Crippen molar-refractivity contribution in [3.8, 4) is 0 Å². The molecule has 2 aliphatic rings. The Bertz CT molecular complexity index is 480. The van der Waals surface area contributed by atoms with Crippen LogP contribution in [0.5, 0.6) is 0 Å². The lowest BCUT2D eigenvalue weighted by Gasteiger charge is -2.50. The quantitative estimate of drug-likeness (QED) is 0.887. The van der Waals surface area contributed by atoms with Gasteiger partial charge in [0.1, 0.15) is 0 Å². The Morgan fingerprint density at radius 2 is 1.85 bits per heavy atom. The first kappa shape index (κ1) is 14.1. The second-order valence-electron chi connectivity index (χ2n) is 7.10. The van der Waals surface area contributed by atoms with Gasteiger partial charge in [-0.1, -0.05) is 29.3 Å². The number of hydrogen-bond acceptors (Lipinski definition) is 2. The van der Waals surface area contributed by atoms with Gasteiger partial charge in [0, 0.05) is 6.61 Å². The molecule has 2 unspecified atom stereocenters. The Morgan fingerprint density at radius 1 is 1.20 bits per heavy atom. The average Bonchev–Trinajstić information content (AvgIpc) is 2.36. The first-order chi connectivity index (χ1) is 9.41. The number of hydrogen-bond donors (Lipinski definition) is 1. The number of benzene rings is 1. The fourth-order valence-corrected chi connectivity index (χ4v) is 3.93. The smallest absolute Gasteiger partial charge is 0.0898 e. The van der Waals surface area contributed by atoms with Crippen molar-refractivity contribution >= 4 is 0 Å². The molecule has 0 amide bonds. The topological polar surface area (TPSA) is 29.5 Å². The molecule has 2 fully saturated rings. The highest BCUT2D eigenvalue weighted by atomic mass is 16.5. The van der Waals surface area contributed by atoms with Crippen molar-refractivity contribution in [2.45, 2.75) is 64.1 Å². The maximum atomic E-state index is 11.2. The van der Waals surface area contributed by atoms with E-state index in [1.165, 1.54) is 30.4 Å². The SMILES string of the molecule is Cc1cc(C)cc(C(C)(O)C2CCOC3(CCC3)C2)c1. The first-order valence-corrected chi connectivity index (χ1v) is 7.86. The van der Waals surface area contributed by atoms with Crippen molar-refractivity contribution in [1.82, 2.24) is 0 Å². The van der Waals surface area contributed by atoms with Crippen molar-refractivity contribution < 1.29 is 9.84 Å². The van der Waals surface area contributed by atoms with Crippen LogP contribution in [0.4, 0.5) is 0 Å². The van der Waals surface area contributed by atoms with Crippen LogP contribution in [0.3, 0.4) is 0 Å². The highest BCUT2D eigenvalue weighted by Crippen LogP contribution is 2.48. The fraction of sp³-hybridized carbons (Fsp3) is 0.667. The molecule has 20 heavy (non-hydrogen) atoms. The van der Waals surface area contributed by atoms with E-state index < -0.39 is 5.60 Å². The van der Waals surface area contributed by atoms with Crippen molar-refractivity contribution in [3.05, 3.63) is 34.9 Å². The van der Waals surface area contributed by atoms with Crippen molar-refractivity contribution in [3.63, 3.8) is 0 Å². The van der Waals surface area contributed by atoms with E-state index in [1.807, 2.05) is 6.92 Å². The number of ether oxygens (including phenoxy) is 1. The van der Waals surface area contributed by atoms with Crippen LogP contribution in [-0.4, -0.2) is 17.3 Å². The largest absolute Gasteiger partial charge is 0.385 e. The van der Waals surface area contributed by atoms with E-state index in [0.29, 0.717) is 5.92 Å². The summed E-state index contributed by atoms with van der Waals surface area (Å²) in [4.78, 5) is 0. The molecule has 2 nitrogen and oxygen atoms in total. The Balaban J connectivity index is 1.86. The normalized spacial score (nSPS) is 27.9. The molecule has 3 rings (SSSR count). The molecule has 1 aromatic rings. The Labute approximate surface area is 122 Å². The minimum Gasteiger partial charge on any atom is -0.385 e. The number of aryl methyl sites for hydroxylation is 2. The lowest BCUT2D eigenvalue weighted by Crippen LogP contribution is -2.49. The summed E-state index contributed by atoms with van der Waals surface area (Å²) in [6, 6.07) is 6.43. The zero-order valence-corrected chi connectivity index (χ0v) is 12.9. The highest BCUT2D eigenvalue weighted by Gasteiger charge is 2.47. The van der Waals surface area contributed by atoms with Crippen LogP contribution >= 0.6 is 0 Å². The van der Waals surface area contributed by atoms with E-state index in [-0.39, 0.29) is 5.60 Å². The van der Waals surface area contributed by atoms with Crippen LogP contribution in [0.15, 0.2) is 18.2 Å². The van der Waals surface area contributed by atoms with Gasteiger partial charge in [0.05, 0.1) is 11.2 Å². The molecule has 0 radical (unpaired) electrons. The van der Waals surface area contributed by atoms with Gasteiger partial charge in [0.2, 0.25) is 0 Å². The third-order valence-electron chi connectivity index (χ3n) is 5.36. The highest BCUT2D eigenvalue weighted by molar-refractivity contribution is 5.32. The zero-order valence-electron chi connectivity index (χ0n) is 12.9. The molecule has 1 aliphatic heterocycles. The van der Waals surface area contributed by atoms with Gasteiger partial charge in [-0.15, -0.1) is 0 Å². The zero-order chi connectivity index (χ0) is 14.4. The summed E-state index contributed by atoms with van der Waals surface area (Å²) < 4.78 is 6.00. The van der Waals surface area contributed by atoms with Gasteiger partial charge >= 0.3 is 0 Å². The summed E-state index contributed by atoms with van der Waals surface area (Å²) in [7, 11) is 0. The maximum Gasteiger partial charge on any atom is 0.0898 e. The Hall–Kier alpha value is -0.860. The predicted molar refractivity (Wildman–Crippen MR) is 80.7 cm³/mol. The molecule has 2 heteroatoms. The van der Waals surface area contributed by atoms with Crippen LogP contribution < -0.4 is 0 Å². The average molecular weight is 274 g/mol.